The molecular formula is C70H110Cl5N23O4. The van der Waals surface area contributed by atoms with Gasteiger partial charge in [0.15, 0.2) is 32.9 Å². The molecule has 0 spiro atoms. The molecule has 27 nitrogen and oxygen atoms in total. The van der Waals surface area contributed by atoms with Crippen LogP contribution in [0, 0.1) is 0 Å². The highest BCUT2D eigenvalue weighted by atomic mass is 35.5. The maximum absolute atomic E-state index is 11.6. The molecule has 7 aromatic rings. The number of anilines is 5. The zero-order valence-electron chi connectivity index (χ0n) is 61.4. The molecule has 4 aliphatic carbocycles. The lowest BCUT2D eigenvalue weighted by atomic mass is 9.91. The molecule has 102 heavy (non-hydrogen) atoms. The second kappa shape index (κ2) is 41.7. The lowest BCUT2D eigenvalue weighted by Gasteiger charge is -2.33. The summed E-state index contributed by atoms with van der Waals surface area (Å²) in [7, 11) is 10.4. The average molecular weight is 1520 g/mol. The highest BCUT2D eigenvalue weighted by Gasteiger charge is 2.27. The van der Waals surface area contributed by atoms with Gasteiger partial charge in [-0.1, -0.05) is 35.3 Å². The van der Waals surface area contributed by atoms with Crippen LogP contribution in [0.2, 0.25) is 26.2 Å². The van der Waals surface area contributed by atoms with Gasteiger partial charge in [0.1, 0.15) is 22.4 Å². The number of amides is 2. The van der Waals surface area contributed by atoms with Gasteiger partial charge < -0.3 is 84.5 Å². The van der Waals surface area contributed by atoms with Crippen molar-refractivity contribution < 1.29 is 19.1 Å². The van der Waals surface area contributed by atoms with E-state index >= 15 is 0 Å². The van der Waals surface area contributed by atoms with Crippen molar-refractivity contribution in [2.75, 3.05) is 50.7 Å². The highest BCUT2D eigenvalue weighted by molar-refractivity contribution is 6.35. The predicted octanol–water partition coefficient (Wildman–Crippen LogP) is 13.1. The summed E-state index contributed by atoms with van der Waals surface area (Å²) in [4.78, 5) is 63.9. The minimum atomic E-state index is -0.421. The lowest BCUT2D eigenvalue weighted by Crippen LogP contribution is -2.43. The van der Waals surface area contributed by atoms with Gasteiger partial charge in [-0.2, -0.15) is 15.0 Å². The van der Waals surface area contributed by atoms with E-state index in [1.807, 2.05) is 83.5 Å². The zero-order valence-corrected chi connectivity index (χ0v) is 65.2. The van der Waals surface area contributed by atoms with Crippen LogP contribution in [0.1, 0.15) is 170 Å². The number of aryl methyl sites for hydroxylation is 1. The van der Waals surface area contributed by atoms with Crippen LogP contribution in [0.3, 0.4) is 0 Å². The molecule has 6 heterocycles. The Balaban J connectivity index is 0.000000214. The van der Waals surface area contributed by atoms with E-state index in [0.717, 1.165) is 94.5 Å². The first-order chi connectivity index (χ1) is 47.9. The van der Waals surface area contributed by atoms with Gasteiger partial charge in [0.25, 0.3) is 0 Å². The number of aromatic nitrogens is 10. The molecule has 4 fully saturated rings. The van der Waals surface area contributed by atoms with Crippen molar-refractivity contribution >= 4 is 133 Å². The largest absolute Gasteiger partial charge is 0.444 e. The topological polar surface area (TPSA) is 403 Å². The number of carbonyl (C=O) groups is 2. The number of hydrogen-bond acceptors (Lipinski definition) is 23. The maximum Gasteiger partial charge on any atom is 0.407 e. The number of nitrogens with two attached hydrogens (primary N) is 7. The van der Waals surface area contributed by atoms with Crippen molar-refractivity contribution in [3.05, 3.63) is 93.0 Å². The van der Waals surface area contributed by atoms with Crippen LogP contribution >= 0.6 is 58.0 Å². The number of nitrogen functional groups attached to an aromatic ring is 3. The molecule has 17 N–H and O–H groups in total. The number of carbonyl (C=O) groups excluding carboxylic acids is 2. The van der Waals surface area contributed by atoms with Crippen LogP contribution < -0.4 is 56.1 Å². The number of fused-ring (bicyclic) bond motifs is 3. The number of halogens is 5. The molecule has 564 valence electrons. The molecule has 0 radical (unpaired) electrons. The van der Waals surface area contributed by atoms with Crippen LogP contribution in [0.15, 0.2) is 66.2 Å². The molecule has 2 aromatic carbocycles. The van der Waals surface area contributed by atoms with E-state index in [0.29, 0.717) is 92.7 Å². The third-order valence-corrected chi connectivity index (χ3v) is 17.9. The van der Waals surface area contributed by atoms with Crippen LogP contribution in [-0.4, -0.2) is 165 Å². The van der Waals surface area contributed by atoms with Crippen LogP contribution in [-0.2, 0) is 22.9 Å². The van der Waals surface area contributed by atoms with Crippen molar-refractivity contribution in [3.8, 4) is 0 Å². The van der Waals surface area contributed by atoms with Gasteiger partial charge in [-0.15, -0.1) is 0 Å². The monoisotopic (exact) mass is 1510 g/mol. The summed E-state index contributed by atoms with van der Waals surface area (Å²) in [6.07, 6.45) is 22.9. The lowest BCUT2D eigenvalue weighted by molar-refractivity contribution is 0.0475. The van der Waals surface area contributed by atoms with Crippen LogP contribution in [0.25, 0.3) is 22.3 Å². The van der Waals surface area contributed by atoms with E-state index in [9.17, 15) is 9.59 Å². The minimum absolute atomic E-state index is 0.135. The molecule has 4 saturated carbocycles. The summed E-state index contributed by atoms with van der Waals surface area (Å²) in [6, 6.07) is 18.4. The van der Waals surface area contributed by atoms with E-state index in [1.165, 1.54) is 25.7 Å². The van der Waals surface area contributed by atoms with Gasteiger partial charge in [-0.3, -0.25) is 4.99 Å². The van der Waals surface area contributed by atoms with Crippen molar-refractivity contribution in [1.29, 1.82) is 0 Å². The van der Waals surface area contributed by atoms with Crippen molar-refractivity contribution in [2.45, 2.75) is 230 Å². The SMILES string of the molecule is CC(C)(C)OC(=O)NC1CCC(N)CC1.CC(C)n1cnc2c(Nc3cccc(N)c3)nc(Cl)nc21.CN(C)C1CCC(N)CC1.CN(C)C1CCC(NC(=O)OC(C)(C)C)CC1.Clc1nc(Cl)c2c(n1)CC=N2.Cn1cnc2c(Cl)nc(Cl)nc21.NC1CCC(N)CC1.Nc1cccc(N)c1. The molecular weight excluding hydrogens is 1400 g/mol. The molecule has 12 rings (SSSR count). The molecule has 0 atom stereocenters. The standard InChI is InChI=1S/C14H15ClN6.C13H26N2O2.C11H22N2O2.C8H18N2.C6H4Cl2N4.C6H3Cl2N3.C6H14N2.C6H8N2/c1-8(2)21-7-17-11-12(19-14(15)20-13(11)21)18-10-5-3-4-9(16)6-10;1-13(2,3)17-12(16)14-10-6-8-11(9-7-10)15(4)5;1-11(2,3)15-10(14)13-9-6-4-8(12)5-7-9;1-10(2)8-5-3-7(9)4-6-8;1-12-2-9-3-4(7)10-6(8)11-5(3)12;7-5-4-3(1-2-9-4)10-6(8)11-5;7-5-1-2-6(8)4-3-5;7-5-2-1-3-6(8)4-5/h3-8H,16H2,1-2H3,(H,18,19,20);10-11H,6-9H2,1-5H3,(H,14,16);8-9H,4-7,12H2,1-3H3,(H,13,14);7-8H,3-6,9H2,1-2H3;2H,1H3;2H,1H2;5-6H,1-4,7-8H2;1-4H,7-8H2. The Bertz CT molecular complexity index is 3690. The first kappa shape index (κ1) is 85.9. The maximum atomic E-state index is 11.6. The molecule has 1 aliphatic heterocycles. The normalized spacial score (nSPS) is 20.6. The average Bonchev–Trinajstić information content (AvgIpc) is 1.64. The third kappa shape index (κ3) is 31.3. The van der Waals surface area contributed by atoms with E-state index < -0.39 is 11.2 Å². The van der Waals surface area contributed by atoms with Crippen molar-refractivity contribution in [3.63, 3.8) is 0 Å². The zero-order chi connectivity index (χ0) is 75.6. The number of hydrogen-bond donors (Lipinski definition) is 10. The van der Waals surface area contributed by atoms with E-state index in [2.05, 4.69) is 113 Å². The fourth-order valence-corrected chi connectivity index (χ4v) is 12.3. The molecule has 0 unspecified atom stereocenters. The first-order valence-electron chi connectivity index (χ1n) is 34.6. The van der Waals surface area contributed by atoms with Crippen LogP contribution in [0.5, 0.6) is 0 Å². The number of benzene rings is 2. The van der Waals surface area contributed by atoms with Gasteiger partial charge in [0.05, 0.1) is 18.3 Å². The van der Waals surface area contributed by atoms with Gasteiger partial charge in [0, 0.05) is 96.8 Å². The summed E-state index contributed by atoms with van der Waals surface area (Å²) >= 11 is 28.7. The molecule has 32 heteroatoms. The summed E-state index contributed by atoms with van der Waals surface area (Å²) in [6.45, 7) is 15.4. The van der Waals surface area contributed by atoms with Gasteiger partial charge >= 0.3 is 12.2 Å². The third-order valence-electron chi connectivity index (χ3n) is 16.8. The second-order valence-corrected chi connectivity index (χ2v) is 30.4. The van der Waals surface area contributed by atoms with E-state index in [-0.39, 0.29) is 51.3 Å². The predicted molar refractivity (Wildman–Crippen MR) is 417 cm³/mol. The first-order valence-corrected chi connectivity index (χ1v) is 36.5. The molecule has 0 bridgehead atoms. The summed E-state index contributed by atoms with van der Waals surface area (Å²) in [5, 5.41) is 10.1. The molecule has 5 aromatic heterocycles. The van der Waals surface area contributed by atoms with Crippen LogP contribution in [0.4, 0.5) is 43.8 Å². The number of imidazole rings is 2. The minimum Gasteiger partial charge on any atom is -0.444 e. The number of alkyl carbamates (subject to hydrolysis) is 2. The Morgan fingerprint density at radius 2 is 0.951 bits per heavy atom. The number of nitrogens with zero attached hydrogens (tertiary/aromatic N) is 13. The highest BCUT2D eigenvalue weighted by Crippen LogP contribution is 2.31. The van der Waals surface area contributed by atoms with E-state index in [1.54, 1.807) is 41.6 Å². The molecule has 2 amide bonds. The second-order valence-electron chi connectivity index (χ2n) is 28.7. The Morgan fingerprint density at radius 1 is 0.539 bits per heavy atom. The van der Waals surface area contributed by atoms with Gasteiger partial charge in [0.2, 0.25) is 15.9 Å². The Morgan fingerprint density at radius 3 is 1.41 bits per heavy atom. The Hall–Kier alpha value is -6.76. The fraction of sp³-hybridized carbons (Fsp3) is 0.586. The summed E-state index contributed by atoms with van der Waals surface area (Å²) < 4.78 is 14.1. The summed E-state index contributed by atoms with van der Waals surface area (Å²) in [5.41, 5.74) is 45.5. The van der Waals surface area contributed by atoms with E-state index in [4.69, 9.17) is 108 Å². The van der Waals surface area contributed by atoms with Crippen molar-refractivity contribution in [2.24, 2.45) is 35.0 Å². The van der Waals surface area contributed by atoms with Gasteiger partial charge in [-0.05, 0) is 258 Å². The Kier molecular flexibility index (Phi) is 35.1. The number of rotatable bonds is 7. The quantitative estimate of drug-likeness (QED) is 0.0402. The summed E-state index contributed by atoms with van der Waals surface area (Å²) in [5.74, 6) is 0.565. The number of aliphatic imine (C=N–C) groups is 1. The fourth-order valence-electron chi connectivity index (χ4n) is 11.3. The number of ether oxygens (including phenoxy) is 2. The number of nitrogens with one attached hydrogen (secondary N) is 3. The molecule has 0 saturated heterocycles. The van der Waals surface area contributed by atoms with Gasteiger partial charge in [-0.25, -0.2) is 34.5 Å². The molecule has 5 aliphatic rings. The van der Waals surface area contributed by atoms with Crippen molar-refractivity contribution in [1.82, 2.24) is 69.4 Å². The smallest absolute Gasteiger partial charge is 0.407 e. The Labute approximate surface area is 626 Å².